The number of nitrogens with zero attached hydrogens (tertiary/aromatic N) is 1. The lowest BCUT2D eigenvalue weighted by atomic mass is 10.1. The molecular formula is C16H24N2O2. The molecule has 0 saturated carbocycles. The maximum absolute atomic E-state index is 12.1. The van der Waals surface area contributed by atoms with Crippen molar-refractivity contribution in [2.24, 2.45) is 0 Å². The Kier molecular flexibility index (Phi) is 5.41. The summed E-state index contributed by atoms with van der Waals surface area (Å²) in [7, 11) is 1.87. The van der Waals surface area contributed by atoms with Crippen molar-refractivity contribution in [3.8, 4) is 5.75 Å². The van der Waals surface area contributed by atoms with Gasteiger partial charge in [0.2, 0.25) is 5.91 Å². The van der Waals surface area contributed by atoms with Crippen LogP contribution in [0.5, 0.6) is 5.75 Å². The first-order valence-corrected chi connectivity index (χ1v) is 7.38. The number of nitrogens with one attached hydrogen (secondary N) is 1. The van der Waals surface area contributed by atoms with E-state index in [1.54, 1.807) is 4.90 Å². The average Bonchev–Trinajstić information content (AvgIpc) is 2.94. The molecule has 1 heterocycles. The van der Waals surface area contributed by atoms with Gasteiger partial charge >= 0.3 is 0 Å². The summed E-state index contributed by atoms with van der Waals surface area (Å²) in [6.07, 6.45) is 2.90. The molecule has 1 N–H and O–H groups in total. The van der Waals surface area contributed by atoms with Crippen LogP contribution in [-0.4, -0.2) is 37.0 Å². The molecule has 1 aromatic rings. The van der Waals surface area contributed by atoms with E-state index >= 15 is 0 Å². The number of carbonyl (C=O) groups is 1. The third kappa shape index (κ3) is 4.23. The normalized spacial score (nSPS) is 18.0. The minimum Gasteiger partial charge on any atom is -0.494 e. The standard InChI is InChI=1S/C16H24N2O2/c1-3-20-15-8-6-13(7-9-15)12-18(2)16(19)11-14-5-4-10-17-14/h6-9,14,17H,3-5,10-12H2,1-2H3. The number of amides is 1. The van der Waals surface area contributed by atoms with E-state index in [-0.39, 0.29) is 5.91 Å². The number of hydrogen-bond acceptors (Lipinski definition) is 3. The second kappa shape index (κ2) is 7.29. The zero-order valence-electron chi connectivity index (χ0n) is 12.4. The molecule has 0 aromatic heterocycles. The van der Waals surface area contributed by atoms with Crippen LogP contribution in [0.15, 0.2) is 24.3 Å². The van der Waals surface area contributed by atoms with Gasteiger partial charge in [-0.05, 0) is 44.0 Å². The van der Waals surface area contributed by atoms with E-state index < -0.39 is 0 Å². The summed E-state index contributed by atoms with van der Waals surface area (Å²) in [6.45, 7) is 4.34. The summed E-state index contributed by atoms with van der Waals surface area (Å²) in [6, 6.07) is 8.31. The minimum atomic E-state index is 0.207. The van der Waals surface area contributed by atoms with Crippen molar-refractivity contribution in [2.75, 3.05) is 20.2 Å². The molecule has 1 atom stereocenters. The zero-order valence-corrected chi connectivity index (χ0v) is 12.4. The highest BCUT2D eigenvalue weighted by molar-refractivity contribution is 5.76. The molecule has 1 unspecified atom stereocenters. The SMILES string of the molecule is CCOc1ccc(CN(C)C(=O)CC2CCCN2)cc1. The Morgan fingerprint density at radius 2 is 2.15 bits per heavy atom. The van der Waals surface area contributed by atoms with Crippen LogP contribution in [-0.2, 0) is 11.3 Å². The molecule has 1 aromatic carbocycles. The van der Waals surface area contributed by atoms with Crippen LogP contribution < -0.4 is 10.1 Å². The summed E-state index contributed by atoms with van der Waals surface area (Å²) in [5.74, 6) is 1.08. The monoisotopic (exact) mass is 276 g/mol. The van der Waals surface area contributed by atoms with Crippen molar-refractivity contribution in [3.63, 3.8) is 0 Å². The molecule has 20 heavy (non-hydrogen) atoms. The van der Waals surface area contributed by atoms with Crippen molar-refractivity contribution in [3.05, 3.63) is 29.8 Å². The van der Waals surface area contributed by atoms with Crippen molar-refractivity contribution in [1.82, 2.24) is 10.2 Å². The summed E-state index contributed by atoms with van der Waals surface area (Å²) in [5, 5.41) is 3.36. The van der Waals surface area contributed by atoms with Gasteiger partial charge in [-0.15, -0.1) is 0 Å². The fourth-order valence-corrected chi connectivity index (χ4v) is 2.52. The van der Waals surface area contributed by atoms with Crippen molar-refractivity contribution in [1.29, 1.82) is 0 Å². The van der Waals surface area contributed by atoms with Crippen molar-refractivity contribution < 1.29 is 9.53 Å². The van der Waals surface area contributed by atoms with Crippen LogP contribution in [0.2, 0.25) is 0 Å². The molecule has 110 valence electrons. The molecule has 1 aliphatic rings. The first kappa shape index (κ1) is 14.9. The summed E-state index contributed by atoms with van der Waals surface area (Å²) < 4.78 is 5.41. The lowest BCUT2D eigenvalue weighted by molar-refractivity contribution is -0.130. The lowest BCUT2D eigenvalue weighted by Crippen LogP contribution is -2.33. The van der Waals surface area contributed by atoms with E-state index in [2.05, 4.69) is 5.32 Å². The Morgan fingerprint density at radius 1 is 1.40 bits per heavy atom. The van der Waals surface area contributed by atoms with Gasteiger partial charge in [0.05, 0.1) is 6.61 Å². The van der Waals surface area contributed by atoms with Crippen LogP contribution in [0.4, 0.5) is 0 Å². The van der Waals surface area contributed by atoms with Crippen molar-refractivity contribution in [2.45, 2.75) is 38.8 Å². The molecule has 1 saturated heterocycles. The maximum atomic E-state index is 12.1. The number of benzene rings is 1. The van der Waals surface area contributed by atoms with E-state index in [1.165, 1.54) is 6.42 Å². The zero-order chi connectivity index (χ0) is 14.4. The highest BCUT2D eigenvalue weighted by Gasteiger charge is 2.19. The van der Waals surface area contributed by atoms with Crippen molar-refractivity contribution >= 4 is 5.91 Å². The van der Waals surface area contributed by atoms with Gasteiger partial charge in [0.15, 0.2) is 0 Å². The van der Waals surface area contributed by atoms with Crippen LogP contribution >= 0.6 is 0 Å². The molecule has 4 heteroatoms. The number of carbonyl (C=O) groups excluding carboxylic acids is 1. The van der Waals surface area contributed by atoms with E-state index in [9.17, 15) is 4.79 Å². The smallest absolute Gasteiger partial charge is 0.224 e. The second-order valence-corrected chi connectivity index (χ2v) is 5.32. The molecule has 1 amide bonds. The van der Waals surface area contributed by atoms with Gasteiger partial charge in [-0.2, -0.15) is 0 Å². The Balaban J connectivity index is 1.83. The molecule has 0 spiro atoms. The fourth-order valence-electron chi connectivity index (χ4n) is 2.52. The predicted molar refractivity (Wildman–Crippen MR) is 79.7 cm³/mol. The van der Waals surface area contributed by atoms with Gasteiger partial charge in [-0.25, -0.2) is 0 Å². The number of hydrogen-bond donors (Lipinski definition) is 1. The molecule has 0 radical (unpaired) electrons. The summed E-state index contributed by atoms with van der Waals surface area (Å²) in [5.41, 5.74) is 1.13. The van der Waals surface area contributed by atoms with Gasteiger partial charge in [0.1, 0.15) is 5.75 Å². The Labute approximate surface area is 121 Å². The molecular weight excluding hydrogens is 252 g/mol. The highest BCUT2D eigenvalue weighted by Crippen LogP contribution is 2.15. The van der Waals surface area contributed by atoms with E-state index in [0.717, 1.165) is 24.3 Å². The quantitative estimate of drug-likeness (QED) is 0.866. The van der Waals surface area contributed by atoms with Gasteiger partial charge < -0.3 is 15.0 Å². The van der Waals surface area contributed by atoms with Crippen LogP contribution in [0.25, 0.3) is 0 Å². The summed E-state index contributed by atoms with van der Waals surface area (Å²) in [4.78, 5) is 13.9. The average molecular weight is 276 g/mol. The van der Waals surface area contributed by atoms with Gasteiger partial charge in [0.25, 0.3) is 0 Å². The Bertz CT molecular complexity index is 425. The van der Waals surface area contributed by atoms with Gasteiger partial charge in [-0.3, -0.25) is 4.79 Å². The molecule has 1 fully saturated rings. The highest BCUT2D eigenvalue weighted by atomic mass is 16.5. The molecule has 2 rings (SSSR count). The van der Waals surface area contributed by atoms with Gasteiger partial charge in [-0.1, -0.05) is 12.1 Å². The first-order chi connectivity index (χ1) is 9.69. The second-order valence-electron chi connectivity index (χ2n) is 5.32. The number of rotatable bonds is 6. The largest absolute Gasteiger partial charge is 0.494 e. The first-order valence-electron chi connectivity index (χ1n) is 7.38. The maximum Gasteiger partial charge on any atom is 0.224 e. The Morgan fingerprint density at radius 3 is 2.75 bits per heavy atom. The predicted octanol–water partition coefficient (Wildman–Crippen LogP) is 2.19. The molecule has 0 aliphatic carbocycles. The molecule has 1 aliphatic heterocycles. The Hall–Kier alpha value is -1.55. The topological polar surface area (TPSA) is 41.6 Å². The third-order valence-corrected chi connectivity index (χ3v) is 3.66. The van der Waals surface area contributed by atoms with E-state index in [1.807, 2.05) is 38.2 Å². The number of ether oxygens (including phenoxy) is 1. The van der Waals surface area contributed by atoms with Crippen LogP contribution in [0.1, 0.15) is 31.7 Å². The molecule has 4 nitrogen and oxygen atoms in total. The van der Waals surface area contributed by atoms with E-state index in [0.29, 0.717) is 25.6 Å². The fraction of sp³-hybridized carbons (Fsp3) is 0.562. The summed E-state index contributed by atoms with van der Waals surface area (Å²) >= 11 is 0. The van der Waals surface area contributed by atoms with Gasteiger partial charge in [0, 0.05) is 26.1 Å². The molecule has 0 bridgehead atoms. The van der Waals surface area contributed by atoms with Crippen LogP contribution in [0.3, 0.4) is 0 Å². The third-order valence-electron chi connectivity index (χ3n) is 3.66. The lowest BCUT2D eigenvalue weighted by Gasteiger charge is -2.19. The van der Waals surface area contributed by atoms with E-state index in [4.69, 9.17) is 4.74 Å². The van der Waals surface area contributed by atoms with Crippen LogP contribution in [0, 0.1) is 0 Å². The minimum absolute atomic E-state index is 0.207.